The lowest BCUT2D eigenvalue weighted by molar-refractivity contribution is -0.117. The number of nitrogens with one attached hydrogen (secondary N) is 1. The Labute approximate surface area is 121 Å². The summed E-state index contributed by atoms with van der Waals surface area (Å²) >= 11 is 0. The van der Waals surface area contributed by atoms with Crippen molar-refractivity contribution >= 4 is 12.0 Å². The van der Waals surface area contributed by atoms with Gasteiger partial charge < -0.3 is 20.7 Å². The molecule has 6 heteroatoms. The van der Waals surface area contributed by atoms with Gasteiger partial charge in [-0.3, -0.25) is 4.79 Å². The van der Waals surface area contributed by atoms with E-state index in [0.717, 1.165) is 25.8 Å². The predicted octanol–water partition coefficient (Wildman–Crippen LogP) is 1.24. The molecule has 1 heterocycles. The van der Waals surface area contributed by atoms with Crippen molar-refractivity contribution in [3.8, 4) is 0 Å². The monoisotopic (exact) mass is 285 g/mol. The van der Waals surface area contributed by atoms with Crippen LogP contribution in [0.5, 0.6) is 0 Å². The average molecular weight is 285 g/mol. The van der Waals surface area contributed by atoms with Gasteiger partial charge in [0.15, 0.2) is 0 Å². The van der Waals surface area contributed by atoms with Gasteiger partial charge >= 0.3 is 6.09 Å². The van der Waals surface area contributed by atoms with Gasteiger partial charge in [-0.05, 0) is 47.0 Å². The van der Waals surface area contributed by atoms with Gasteiger partial charge in [0.1, 0.15) is 5.60 Å². The first-order valence-electron chi connectivity index (χ1n) is 7.20. The number of ether oxygens (including phenoxy) is 1. The van der Waals surface area contributed by atoms with Crippen LogP contribution in [0.4, 0.5) is 4.79 Å². The Kier molecular flexibility index (Phi) is 5.80. The summed E-state index contributed by atoms with van der Waals surface area (Å²) in [5.41, 5.74) is 4.64. The highest BCUT2D eigenvalue weighted by Crippen LogP contribution is 2.23. The highest BCUT2D eigenvalue weighted by Gasteiger charge is 2.32. The SMILES string of the molecule is CC(CC1CCCN1C(=O)OC(C)(C)C)NCC(N)=O. The summed E-state index contributed by atoms with van der Waals surface area (Å²) in [5, 5.41) is 3.06. The molecule has 0 aromatic carbocycles. The van der Waals surface area contributed by atoms with Crippen molar-refractivity contribution in [2.45, 2.75) is 64.6 Å². The highest BCUT2D eigenvalue weighted by atomic mass is 16.6. The fraction of sp³-hybridized carbons (Fsp3) is 0.857. The first-order valence-corrected chi connectivity index (χ1v) is 7.20. The summed E-state index contributed by atoms with van der Waals surface area (Å²) < 4.78 is 5.42. The van der Waals surface area contributed by atoms with Crippen LogP contribution in [0.15, 0.2) is 0 Å². The van der Waals surface area contributed by atoms with Gasteiger partial charge in [-0.2, -0.15) is 0 Å². The molecular formula is C14H27N3O3. The van der Waals surface area contributed by atoms with Crippen LogP contribution in [-0.4, -0.2) is 47.7 Å². The maximum atomic E-state index is 12.1. The van der Waals surface area contributed by atoms with Crippen molar-refractivity contribution in [3.63, 3.8) is 0 Å². The van der Waals surface area contributed by atoms with Gasteiger partial charge in [0.25, 0.3) is 0 Å². The van der Waals surface area contributed by atoms with E-state index < -0.39 is 5.60 Å². The van der Waals surface area contributed by atoms with Gasteiger partial charge in [0.05, 0.1) is 6.54 Å². The van der Waals surface area contributed by atoms with Crippen LogP contribution in [0.2, 0.25) is 0 Å². The summed E-state index contributed by atoms with van der Waals surface area (Å²) in [7, 11) is 0. The summed E-state index contributed by atoms with van der Waals surface area (Å²) in [4.78, 5) is 24.7. The molecule has 1 saturated heterocycles. The van der Waals surface area contributed by atoms with Crippen LogP contribution in [0.25, 0.3) is 0 Å². The van der Waals surface area contributed by atoms with Crippen LogP contribution in [0.1, 0.15) is 47.0 Å². The van der Waals surface area contributed by atoms with Gasteiger partial charge in [-0.1, -0.05) is 0 Å². The molecular weight excluding hydrogens is 258 g/mol. The predicted molar refractivity (Wildman–Crippen MR) is 77.2 cm³/mol. The molecule has 6 nitrogen and oxygen atoms in total. The number of carbonyl (C=O) groups excluding carboxylic acids is 2. The van der Waals surface area contributed by atoms with Crippen LogP contribution >= 0.6 is 0 Å². The molecule has 0 radical (unpaired) electrons. The Balaban J connectivity index is 2.48. The lowest BCUT2D eigenvalue weighted by Gasteiger charge is -2.30. The largest absolute Gasteiger partial charge is 0.444 e. The van der Waals surface area contributed by atoms with Crippen molar-refractivity contribution in [1.29, 1.82) is 0 Å². The smallest absolute Gasteiger partial charge is 0.410 e. The Bertz CT molecular complexity index is 352. The fourth-order valence-electron chi connectivity index (χ4n) is 2.41. The molecule has 2 atom stereocenters. The summed E-state index contributed by atoms with van der Waals surface area (Å²) in [6, 6.07) is 0.302. The second-order valence-electron chi connectivity index (χ2n) is 6.45. The zero-order valence-corrected chi connectivity index (χ0v) is 12.9. The first kappa shape index (κ1) is 16.8. The molecule has 1 aliphatic heterocycles. The maximum Gasteiger partial charge on any atom is 0.410 e. The van der Waals surface area contributed by atoms with E-state index in [1.54, 1.807) is 4.90 Å². The lowest BCUT2D eigenvalue weighted by Crippen LogP contribution is -2.43. The van der Waals surface area contributed by atoms with E-state index in [4.69, 9.17) is 10.5 Å². The lowest BCUT2D eigenvalue weighted by atomic mass is 10.1. The van der Waals surface area contributed by atoms with Crippen LogP contribution < -0.4 is 11.1 Å². The summed E-state index contributed by atoms with van der Waals surface area (Å²) in [6.45, 7) is 8.50. The molecule has 0 aliphatic carbocycles. The van der Waals surface area contributed by atoms with Crippen molar-refractivity contribution in [2.24, 2.45) is 5.73 Å². The number of amides is 2. The third-order valence-corrected chi connectivity index (χ3v) is 3.26. The molecule has 2 unspecified atom stereocenters. The molecule has 0 saturated carbocycles. The topological polar surface area (TPSA) is 84.7 Å². The van der Waals surface area contributed by atoms with Crippen LogP contribution in [0, 0.1) is 0 Å². The number of likely N-dealkylation sites (tertiary alicyclic amines) is 1. The van der Waals surface area contributed by atoms with Crippen molar-refractivity contribution in [3.05, 3.63) is 0 Å². The number of hydrogen-bond donors (Lipinski definition) is 2. The summed E-state index contributed by atoms with van der Waals surface area (Å²) in [6.07, 6.45) is 2.52. The molecule has 116 valence electrons. The van der Waals surface area contributed by atoms with Gasteiger partial charge in [-0.15, -0.1) is 0 Å². The molecule has 0 spiro atoms. The van der Waals surface area contributed by atoms with Crippen LogP contribution in [-0.2, 0) is 9.53 Å². The minimum absolute atomic E-state index is 0.135. The average Bonchev–Trinajstić information content (AvgIpc) is 2.72. The number of nitrogens with zero attached hydrogens (tertiary/aromatic N) is 1. The molecule has 0 bridgehead atoms. The molecule has 2 amide bonds. The minimum atomic E-state index is -0.472. The van der Waals surface area contributed by atoms with Crippen molar-refractivity contribution in [1.82, 2.24) is 10.2 Å². The standard InChI is InChI=1S/C14H27N3O3/c1-10(16-9-12(15)18)8-11-6-5-7-17(11)13(19)20-14(2,3)4/h10-11,16H,5-9H2,1-4H3,(H2,15,18). The fourth-order valence-corrected chi connectivity index (χ4v) is 2.41. The number of nitrogens with two attached hydrogens (primary N) is 1. The number of rotatable bonds is 5. The Morgan fingerprint density at radius 2 is 2.10 bits per heavy atom. The van der Waals surface area contributed by atoms with Gasteiger partial charge in [0, 0.05) is 18.6 Å². The van der Waals surface area contributed by atoms with E-state index in [1.165, 1.54) is 0 Å². The van der Waals surface area contributed by atoms with E-state index in [2.05, 4.69) is 5.32 Å². The van der Waals surface area contributed by atoms with Crippen LogP contribution in [0.3, 0.4) is 0 Å². The minimum Gasteiger partial charge on any atom is -0.444 e. The third kappa shape index (κ3) is 5.77. The Morgan fingerprint density at radius 3 is 2.65 bits per heavy atom. The number of carbonyl (C=O) groups is 2. The zero-order valence-electron chi connectivity index (χ0n) is 12.9. The molecule has 3 N–H and O–H groups in total. The zero-order chi connectivity index (χ0) is 15.3. The maximum absolute atomic E-state index is 12.1. The summed E-state index contributed by atoms with van der Waals surface area (Å²) in [5.74, 6) is -0.368. The van der Waals surface area contributed by atoms with Gasteiger partial charge in [-0.25, -0.2) is 4.79 Å². The molecule has 1 rings (SSSR count). The second kappa shape index (κ2) is 6.92. The molecule has 0 aromatic heterocycles. The molecule has 1 fully saturated rings. The second-order valence-corrected chi connectivity index (χ2v) is 6.45. The van der Waals surface area contributed by atoms with Crippen molar-refractivity contribution in [2.75, 3.05) is 13.1 Å². The van der Waals surface area contributed by atoms with Gasteiger partial charge in [0.2, 0.25) is 5.91 Å². The van der Waals surface area contributed by atoms with Crippen molar-refractivity contribution < 1.29 is 14.3 Å². The number of hydrogen-bond acceptors (Lipinski definition) is 4. The molecule has 20 heavy (non-hydrogen) atoms. The first-order chi connectivity index (χ1) is 9.19. The van der Waals surface area contributed by atoms with E-state index in [1.807, 2.05) is 27.7 Å². The van der Waals surface area contributed by atoms with E-state index in [0.29, 0.717) is 0 Å². The Morgan fingerprint density at radius 1 is 1.45 bits per heavy atom. The normalized spacial score (nSPS) is 20.8. The quantitative estimate of drug-likeness (QED) is 0.796. The Hall–Kier alpha value is -1.30. The van der Waals surface area contributed by atoms with E-state index in [-0.39, 0.29) is 30.6 Å². The number of primary amides is 1. The molecule has 1 aliphatic rings. The highest BCUT2D eigenvalue weighted by molar-refractivity contribution is 5.75. The molecule has 0 aromatic rings. The van der Waals surface area contributed by atoms with E-state index >= 15 is 0 Å². The third-order valence-electron chi connectivity index (χ3n) is 3.26. The van der Waals surface area contributed by atoms with E-state index in [9.17, 15) is 9.59 Å².